The quantitative estimate of drug-likeness (QED) is 0.725. The number of hydrogen-bond acceptors (Lipinski definition) is 4. The van der Waals surface area contributed by atoms with Gasteiger partial charge in [0, 0.05) is 39.6 Å². The molecule has 0 bridgehead atoms. The van der Waals surface area contributed by atoms with Crippen molar-refractivity contribution in [2.45, 2.75) is 33.7 Å². The van der Waals surface area contributed by atoms with Crippen LogP contribution in [-0.4, -0.2) is 47.3 Å². The Kier molecular flexibility index (Phi) is 6.51. The number of rotatable bonds is 8. The van der Waals surface area contributed by atoms with Gasteiger partial charge in [0.1, 0.15) is 0 Å². The molecule has 20 heavy (non-hydrogen) atoms. The molecule has 0 aliphatic carbocycles. The van der Waals surface area contributed by atoms with Crippen LogP contribution in [0, 0.1) is 6.92 Å². The zero-order valence-corrected chi connectivity index (χ0v) is 13.2. The van der Waals surface area contributed by atoms with Gasteiger partial charge in [-0.15, -0.1) is 0 Å². The van der Waals surface area contributed by atoms with Crippen LogP contribution < -0.4 is 10.1 Å². The number of ether oxygens (including phenoxy) is 1. The number of carbonyl (C=O) groups excluding carboxylic acids is 1. The average molecular weight is 282 g/mol. The molecule has 0 fully saturated rings. The van der Waals surface area contributed by atoms with E-state index in [1.165, 1.54) is 0 Å². The van der Waals surface area contributed by atoms with E-state index in [2.05, 4.69) is 10.4 Å². The predicted octanol–water partition coefficient (Wildman–Crippen LogP) is 1.09. The van der Waals surface area contributed by atoms with Gasteiger partial charge in [-0.3, -0.25) is 4.79 Å². The molecule has 0 aliphatic heterocycles. The SMILES string of the molecule is CCN(CC)C(=O)CCNCc1c(C)nn(C)c1OC. The summed E-state index contributed by atoms with van der Waals surface area (Å²) in [4.78, 5) is 13.7. The molecule has 1 N–H and O–H groups in total. The molecule has 114 valence electrons. The lowest BCUT2D eigenvalue weighted by Gasteiger charge is -2.18. The van der Waals surface area contributed by atoms with Crippen molar-refractivity contribution in [3.8, 4) is 5.88 Å². The van der Waals surface area contributed by atoms with Crippen molar-refractivity contribution in [2.24, 2.45) is 7.05 Å². The average Bonchev–Trinajstić information content (AvgIpc) is 2.70. The van der Waals surface area contributed by atoms with Crippen LogP contribution in [-0.2, 0) is 18.4 Å². The second-order valence-electron chi connectivity index (χ2n) is 4.69. The molecule has 0 atom stereocenters. The molecule has 0 unspecified atom stereocenters. The van der Waals surface area contributed by atoms with Gasteiger partial charge in [0.15, 0.2) is 0 Å². The summed E-state index contributed by atoms with van der Waals surface area (Å²) in [5.74, 6) is 0.961. The molecule has 0 saturated carbocycles. The third-order valence-electron chi connectivity index (χ3n) is 3.42. The first-order valence-electron chi connectivity index (χ1n) is 7.10. The number of aryl methyl sites for hydroxylation is 2. The summed E-state index contributed by atoms with van der Waals surface area (Å²) in [6.07, 6.45) is 0.517. The Morgan fingerprint density at radius 3 is 2.60 bits per heavy atom. The molecular formula is C14H26N4O2. The monoisotopic (exact) mass is 282 g/mol. The van der Waals surface area contributed by atoms with E-state index in [0.717, 1.165) is 30.2 Å². The number of aromatic nitrogens is 2. The molecule has 6 nitrogen and oxygen atoms in total. The van der Waals surface area contributed by atoms with Gasteiger partial charge in [0.2, 0.25) is 11.8 Å². The topological polar surface area (TPSA) is 59.4 Å². The minimum Gasteiger partial charge on any atom is -0.481 e. The highest BCUT2D eigenvalue weighted by Gasteiger charge is 2.13. The van der Waals surface area contributed by atoms with Gasteiger partial charge in [0.25, 0.3) is 0 Å². The highest BCUT2D eigenvalue weighted by Crippen LogP contribution is 2.20. The van der Waals surface area contributed by atoms with Gasteiger partial charge in [-0.05, 0) is 20.8 Å². The van der Waals surface area contributed by atoms with Gasteiger partial charge in [0.05, 0.1) is 18.4 Å². The maximum absolute atomic E-state index is 11.9. The van der Waals surface area contributed by atoms with Crippen molar-refractivity contribution in [1.82, 2.24) is 20.0 Å². The fraction of sp³-hybridized carbons (Fsp3) is 0.714. The van der Waals surface area contributed by atoms with Crippen molar-refractivity contribution in [3.63, 3.8) is 0 Å². The molecule has 1 rings (SSSR count). The summed E-state index contributed by atoms with van der Waals surface area (Å²) >= 11 is 0. The van der Waals surface area contributed by atoms with E-state index >= 15 is 0 Å². The summed E-state index contributed by atoms with van der Waals surface area (Å²) in [5.41, 5.74) is 2.00. The molecular weight excluding hydrogens is 256 g/mol. The molecule has 1 heterocycles. The maximum Gasteiger partial charge on any atom is 0.223 e. The molecule has 0 spiro atoms. The lowest BCUT2D eigenvalue weighted by Crippen LogP contribution is -2.32. The first kappa shape index (κ1) is 16.5. The normalized spacial score (nSPS) is 10.7. The molecule has 0 radical (unpaired) electrons. The Morgan fingerprint density at radius 2 is 2.05 bits per heavy atom. The molecule has 0 aromatic carbocycles. The van der Waals surface area contributed by atoms with Crippen molar-refractivity contribution >= 4 is 5.91 Å². The number of methoxy groups -OCH3 is 1. The number of nitrogens with zero attached hydrogens (tertiary/aromatic N) is 3. The number of nitrogens with one attached hydrogen (secondary N) is 1. The van der Waals surface area contributed by atoms with Crippen LogP contribution in [0.5, 0.6) is 5.88 Å². The van der Waals surface area contributed by atoms with Crippen molar-refractivity contribution < 1.29 is 9.53 Å². The van der Waals surface area contributed by atoms with Crippen LogP contribution in [0.3, 0.4) is 0 Å². The standard InChI is InChI=1S/C14H26N4O2/c1-6-18(7-2)13(19)8-9-15-10-12-11(3)16-17(4)14(12)20-5/h15H,6-10H2,1-5H3. The summed E-state index contributed by atoms with van der Waals surface area (Å²) in [7, 11) is 3.50. The Hall–Kier alpha value is -1.56. The Bertz CT molecular complexity index is 439. The smallest absolute Gasteiger partial charge is 0.223 e. The fourth-order valence-corrected chi connectivity index (χ4v) is 2.28. The first-order chi connectivity index (χ1) is 9.54. The summed E-state index contributed by atoms with van der Waals surface area (Å²) < 4.78 is 7.06. The van der Waals surface area contributed by atoms with Crippen LogP contribution in [0.4, 0.5) is 0 Å². The van der Waals surface area contributed by atoms with Gasteiger partial charge in [-0.1, -0.05) is 0 Å². The summed E-state index contributed by atoms with van der Waals surface area (Å²) in [6, 6.07) is 0. The van der Waals surface area contributed by atoms with Crippen LogP contribution in [0.2, 0.25) is 0 Å². The Labute approximate surface area is 121 Å². The third-order valence-corrected chi connectivity index (χ3v) is 3.42. The van der Waals surface area contributed by atoms with Gasteiger partial charge in [-0.25, -0.2) is 4.68 Å². The Morgan fingerprint density at radius 1 is 1.40 bits per heavy atom. The minimum absolute atomic E-state index is 0.192. The number of amides is 1. The molecule has 6 heteroatoms. The molecule has 1 aromatic heterocycles. The van der Waals surface area contributed by atoms with E-state index in [9.17, 15) is 4.79 Å². The van der Waals surface area contributed by atoms with Gasteiger partial charge in [-0.2, -0.15) is 5.10 Å². The van der Waals surface area contributed by atoms with Crippen molar-refractivity contribution in [3.05, 3.63) is 11.3 Å². The zero-order chi connectivity index (χ0) is 15.1. The predicted molar refractivity (Wildman–Crippen MR) is 78.7 cm³/mol. The Balaban J connectivity index is 2.44. The highest BCUT2D eigenvalue weighted by atomic mass is 16.5. The second-order valence-corrected chi connectivity index (χ2v) is 4.69. The molecule has 0 saturated heterocycles. The minimum atomic E-state index is 0.192. The lowest BCUT2D eigenvalue weighted by atomic mass is 10.2. The molecule has 1 amide bonds. The van der Waals surface area contributed by atoms with Crippen LogP contribution in [0.1, 0.15) is 31.5 Å². The summed E-state index contributed by atoms with van der Waals surface area (Å²) in [5, 5.41) is 7.61. The van der Waals surface area contributed by atoms with Crippen molar-refractivity contribution in [1.29, 1.82) is 0 Å². The molecule has 0 aliphatic rings. The highest BCUT2D eigenvalue weighted by molar-refractivity contribution is 5.76. The zero-order valence-electron chi connectivity index (χ0n) is 13.2. The van der Waals surface area contributed by atoms with E-state index < -0.39 is 0 Å². The van der Waals surface area contributed by atoms with E-state index in [-0.39, 0.29) is 5.91 Å². The van der Waals surface area contributed by atoms with Crippen LogP contribution >= 0.6 is 0 Å². The number of hydrogen-bond donors (Lipinski definition) is 1. The lowest BCUT2D eigenvalue weighted by molar-refractivity contribution is -0.130. The van der Waals surface area contributed by atoms with Gasteiger partial charge >= 0.3 is 0 Å². The van der Waals surface area contributed by atoms with E-state index in [4.69, 9.17) is 4.74 Å². The summed E-state index contributed by atoms with van der Waals surface area (Å²) in [6.45, 7) is 8.81. The van der Waals surface area contributed by atoms with E-state index in [0.29, 0.717) is 19.5 Å². The van der Waals surface area contributed by atoms with Crippen LogP contribution in [0.25, 0.3) is 0 Å². The van der Waals surface area contributed by atoms with Gasteiger partial charge < -0.3 is 15.0 Å². The third kappa shape index (κ3) is 3.96. The van der Waals surface area contributed by atoms with E-state index in [1.807, 2.05) is 32.7 Å². The van der Waals surface area contributed by atoms with Crippen LogP contribution in [0.15, 0.2) is 0 Å². The maximum atomic E-state index is 11.9. The van der Waals surface area contributed by atoms with E-state index in [1.54, 1.807) is 11.8 Å². The largest absolute Gasteiger partial charge is 0.481 e. The number of carbonyl (C=O) groups is 1. The van der Waals surface area contributed by atoms with Crippen molar-refractivity contribution in [2.75, 3.05) is 26.7 Å². The first-order valence-corrected chi connectivity index (χ1v) is 7.10. The fourth-order valence-electron chi connectivity index (χ4n) is 2.28. The molecule has 1 aromatic rings. The second kappa shape index (κ2) is 7.89.